The molecule has 0 aliphatic carbocycles. The van der Waals surface area contributed by atoms with Crippen molar-refractivity contribution in [3.8, 4) is 0 Å². The van der Waals surface area contributed by atoms with Gasteiger partial charge in [-0.15, -0.1) is 5.01 Å². The van der Waals surface area contributed by atoms with E-state index in [0.717, 1.165) is 36.2 Å². The van der Waals surface area contributed by atoms with E-state index in [4.69, 9.17) is 0 Å². The van der Waals surface area contributed by atoms with Crippen LogP contribution in [0.1, 0.15) is 32.6 Å². The van der Waals surface area contributed by atoms with Gasteiger partial charge in [-0.25, -0.2) is 8.42 Å². The highest BCUT2D eigenvalue weighted by molar-refractivity contribution is 7.89. The average molecular weight is 479 g/mol. The summed E-state index contributed by atoms with van der Waals surface area (Å²) in [5, 5.41) is 4.56. The quantitative estimate of drug-likeness (QED) is 0.648. The smallest absolute Gasteiger partial charge is 0.245 e. The Morgan fingerprint density at radius 3 is 2.24 bits per heavy atom. The third kappa shape index (κ3) is 4.35. The van der Waals surface area contributed by atoms with Crippen molar-refractivity contribution in [2.75, 3.05) is 45.7 Å². The second-order valence-electron chi connectivity index (χ2n) is 9.83. The molecule has 3 aliphatic heterocycles. The average Bonchev–Trinajstić information content (AvgIpc) is 3.08. The van der Waals surface area contributed by atoms with E-state index in [1.807, 2.05) is 43.1 Å². The molecule has 3 fully saturated rings. The Bertz CT molecular complexity index is 989. The first kappa shape index (κ1) is 23.9. The number of nitrogens with zero attached hydrogens (tertiary/aromatic N) is 4. The molecule has 1 aromatic rings. The summed E-state index contributed by atoms with van der Waals surface area (Å²) < 4.78 is 27.9. The minimum absolute atomic E-state index is 0.0716. The van der Waals surface area contributed by atoms with Gasteiger partial charge in [-0.05, 0) is 61.8 Å². The van der Waals surface area contributed by atoms with E-state index in [0.29, 0.717) is 36.4 Å². The lowest BCUT2D eigenvalue weighted by atomic mass is 9.74. The summed E-state index contributed by atoms with van der Waals surface area (Å²) >= 11 is 0. The van der Waals surface area contributed by atoms with E-state index in [2.05, 4.69) is 5.32 Å². The van der Waals surface area contributed by atoms with E-state index in [1.54, 1.807) is 23.5 Å². The maximum Gasteiger partial charge on any atom is 0.245 e. The van der Waals surface area contributed by atoms with Gasteiger partial charge in [0.2, 0.25) is 22.0 Å². The number of fused-ring (bicyclic) bond motifs is 1. The lowest BCUT2D eigenvalue weighted by Crippen LogP contribution is -2.48. The molecule has 0 saturated carbocycles. The number of benzene rings is 1. The van der Waals surface area contributed by atoms with Crippen LogP contribution in [0.2, 0.25) is 0 Å². The Balaban J connectivity index is 1.40. The molecule has 0 radical (unpaired) electrons. The first-order valence-electron chi connectivity index (χ1n) is 11.9. The van der Waals surface area contributed by atoms with Crippen LogP contribution < -0.4 is 10.2 Å². The fourth-order valence-electron chi connectivity index (χ4n) is 5.92. The summed E-state index contributed by atoms with van der Waals surface area (Å²) in [5.41, 5.74) is 0.965. The molecule has 0 aromatic heterocycles. The van der Waals surface area contributed by atoms with Gasteiger partial charge in [0.15, 0.2) is 0 Å². The SMILES string of the molecule is CNC(=O)C1C2CC(C3CCN(S(=O)(=O)c4ccc(N(C)C)cc4)CC3)CCN2[N+](=O)C1C. The normalized spacial score (nSPS) is 29.1. The maximum absolute atomic E-state index is 13.1. The minimum Gasteiger partial charge on any atom is -0.378 e. The van der Waals surface area contributed by atoms with Gasteiger partial charge in [0, 0.05) is 46.8 Å². The van der Waals surface area contributed by atoms with E-state index in [-0.39, 0.29) is 23.9 Å². The van der Waals surface area contributed by atoms with Gasteiger partial charge < -0.3 is 10.2 Å². The van der Waals surface area contributed by atoms with Crippen molar-refractivity contribution in [2.45, 2.75) is 49.6 Å². The number of nitrogens with one attached hydrogen (secondary N) is 1. The lowest BCUT2D eigenvalue weighted by Gasteiger charge is -2.39. The van der Waals surface area contributed by atoms with Crippen molar-refractivity contribution in [3.05, 3.63) is 29.2 Å². The summed E-state index contributed by atoms with van der Waals surface area (Å²) in [7, 11) is 1.97. The topological polar surface area (TPSA) is 93.0 Å². The highest BCUT2D eigenvalue weighted by Gasteiger charge is 2.58. The van der Waals surface area contributed by atoms with Crippen LogP contribution in [0.3, 0.4) is 0 Å². The summed E-state index contributed by atoms with van der Waals surface area (Å²) in [6.45, 7) is 3.51. The molecule has 1 aromatic carbocycles. The molecule has 33 heavy (non-hydrogen) atoms. The molecule has 0 bridgehead atoms. The predicted molar refractivity (Wildman–Crippen MR) is 126 cm³/mol. The Morgan fingerprint density at radius 2 is 1.67 bits per heavy atom. The number of sulfonamides is 1. The zero-order valence-corrected chi connectivity index (χ0v) is 20.8. The molecule has 9 nitrogen and oxygen atoms in total. The number of nitroso groups, excluding NO2 is 1. The first-order valence-corrected chi connectivity index (χ1v) is 13.3. The summed E-state index contributed by atoms with van der Waals surface area (Å²) in [5.74, 6) is 0.413. The van der Waals surface area contributed by atoms with Gasteiger partial charge in [0.05, 0.1) is 16.3 Å². The molecule has 0 spiro atoms. The third-order valence-electron chi connectivity index (χ3n) is 7.90. The largest absolute Gasteiger partial charge is 0.378 e. The molecule has 4 atom stereocenters. The molecule has 4 unspecified atom stereocenters. The van der Waals surface area contributed by atoms with Gasteiger partial charge in [-0.2, -0.15) is 4.31 Å². The van der Waals surface area contributed by atoms with Gasteiger partial charge >= 0.3 is 0 Å². The molecule has 4 rings (SSSR count). The van der Waals surface area contributed by atoms with Crippen LogP contribution >= 0.6 is 0 Å². The van der Waals surface area contributed by atoms with Crippen LogP contribution in [0.15, 0.2) is 29.2 Å². The number of hydrogen-bond donors (Lipinski definition) is 1. The second kappa shape index (κ2) is 9.21. The van der Waals surface area contributed by atoms with Crippen LogP contribution in [0, 0.1) is 22.7 Å². The first-order chi connectivity index (χ1) is 15.6. The molecule has 1 amide bonds. The maximum atomic E-state index is 13.1. The number of carbonyl (C=O) groups excluding carboxylic acids is 1. The van der Waals surface area contributed by atoms with Crippen molar-refractivity contribution >= 4 is 21.6 Å². The van der Waals surface area contributed by atoms with Crippen LogP contribution in [0.5, 0.6) is 0 Å². The van der Waals surface area contributed by atoms with Crippen LogP contribution in [0.4, 0.5) is 5.69 Å². The molecule has 1 N–H and O–H groups in total. The summed E-state index contributed by atoms with van der Waals surface area (Å²) in [4.78, 5) is 28.3. The fourth-order valence-corrected chi connectivity index (χ4v) is 7.39. The van der Waals surface area contributed by atoms with Crippen LogP contribution in [0.25, 0.3) is 0 Å². The van der Waals surface area contributed by atoms with E-state index in [1.165, 1.54) is 0 Å². The molecule has 182 valence electrons. The zero-order valence-electron chi connectivity index (χ0n) is 20.0. The van der Waals surface area contributed by atoms with Gasteiger partial charge in [-0.3, -0.25) is 4.79 Å². The predicted octanol–water partition coefficient (Wildman–Crippen LogP) is 1.69. The number of hydrogen-bond acceptors (Lipinski definition) is 5. The number of anilines is 1. The summed E-state index contributed by atoms with van der Waals surface area (Å²) in [6, 6.07) is 6.59. The minimum atomic E-state index is -3.51. The molecule has 3 saturated heterocycles. The number of amides is 1. The monoisotopic (exact) mass is 478 g/mol. The fraction of sp³-hybridized carbons (Fsp3) is 0.696. The van der Waals surface area contributed by atoms with Crippen LogP contribution in [-0.2, 0) is 14.8 Å². The second-order valence-corrected chi connectivity index (χ2v) is 11.8. The highest BCUT2D eigenvalue weighted by Crippen LogP contribution is 2.41. The number of piperidine rings is 2. The van der Waals surface area contributed by atoms with Crippen molar-refractivity contribution in [3.63, 3.8) is 0 Å². The number of carbonyl (C=O) groups is 1. The van der Waals surface area contributed by atoms with Crippen molar-refractivity contribution in [2.24, 2.45) is 17.8 Å². The van der Waals surface area contributed by atoms with Crippen LogP contribution in [-0.4, -0.2) is 81.4 Å². The Hall–Kier alpha value is -2.20. The Kier molecular flexibility index (Phi) is 6.68. The van der Waals surface area contributed by atoms with Crippen molar-refractivity contribution in [1.82, 2.24) is 14.6 Å². The Morgan fingerprint density at radius 1 is 1.06 bits per heavy atom. The molecule has 3 heterocycles. The Labute approximate surface area is 196 Å². The molecular weight excluding hydrogens is 442 g/mol. The molecule has 3 aliphatic rings. The van der Waals surface area contributed by atoms with E-state index in [9.17, 15) is 18.1 Å². The van der Waals surface area contributed by atoms with E-state index < -0.39 is 10.0 Å². The standard InChI is InChI=1S/C23H35N5O4S/c1-16-22(23(29)24-2)21-15-18(11-14-27(21)28(16)30)17-9-12-26(13-10-17)33(31,32)20-7-5-19(6-8-20)25(3)4/h5-8,16-18,21-22H,9-15H2,1-4H3/p+1. The third-order valence-corrected chi connectivity index (χ3v) is 9.81. The van der Waals surface area contributed by atoms with Gasteiger partial charge in [-0.1, -0.05) is 0 Å². The van der Waals surface area contributed by atoms with E-state index >= 15 is 0 Å². The number of hydrazine groups is 1. The van der Waals surface area contributed by atoms with Gasteiger partial charge in [0.25, 0.3) is 0 Å². The highest BCUT2D eigenvalue weighted by atomic mass is 32.2. The number of rotatable bonds is 5. The molecular formula is C23H36N5O4S+. The van der Waals surface area contributed by atoms with Crippen molar-refractivity contribution < 1.29 is 18.1 Å². The lowest BCUT2D eigenvalue weighted by molar-refractivity contribution is -0.716. The van der Waals surface area contributed by atoms with Crippen molar-refractivity contribution in [1.29, 1.82) is 0 Å². The van der Waals surface area contributed by atoms with Gasteiger partial charge in [0.1, 0.15) is 16.8 Å². The molecule has 10 heteroatoms. The summed E-state index contributed by atoms with van der Waals surface area (Å²) in [6.07, 6.45) is 3.35. The zero-order chi connectivity index (χ0) is 23.9.